The van der Waals surface area contributed by atoms with Crippen molar-refractivity contribution in [2.45, 2.75) is 20.0 Å². The molecule has 4 aliphatic carbocycles. The van der Waals surface area contributed by atoms with Crippen LogP contribution in [0.3, 0.4) is 0 Å². The third-order valence-electron chi connectivity index (χ3n) is 5.47. The SMILES string of the molecule is CC12C(OC(=O)c3ccccc3)C3C1C32C. The minimum absolute atomic E-state index is 0.163. The Balaban J connectivity index is 1.49. The summed E-state index contributed by atoms with van der Waals surface area (Å²) in [5.74, 6) is 1.36. The monoisotopic (exact) mass is 214 g/mol. The molecule has 0 N–H and O–H groups in total. The average Bonchev–Trinajstić information content (AvgIpc) is 3.07. The molecule has 5 atom stereocenters. The van der Waals surface area contributed by atoms with Crippen LogP contribution in [-0.2, 0) is 4.74 Å². The fourth-order valence-corrected chi connectivity index (χ4v) is 4.16. The Morgan fingerprint density at radius 3 is 2.31 bits per heavy atom. The first-order valence-electron chi connectivity index (χ1n) is 5.88. The van der Waals surface area contributed by atoms with Gasteiger partial charge in [-0.1, -0.05) is 32.0 Å². The minimum Gasteiger partial charge on any atom is -0.458 e. The Labute approximate surface area is 94.6 Å². The van der Waals surface area contributed by atoms with Crippen molar-refractivity contribution in [1.82, 2.24) is 0 Å². The highest BCUT2D eigenvalue weighted by molar-refractivity contribution is 5.89. The van der Waals surface area contributed by atoms with Gasteiger partial charge in [0.05, 0.1) is 5.56 Å². The van der Waals surface area contributed by atoms with Crippen molar-refractivity contribution in [2.75, 3.05) is 0 Å². The first kappa shape index (κ1) is 8.80. The van der Waals surface area contributed by atoms with Crippen LogP contribution < -0.4 is 0 Å². The lowest BCUT2D eigenvalue weighted by molar-refractivity contribution is -0.117. The van der Waals surface area contributed by atoms with Crippen LogP contribution in [0.4, 0.5) is 0 Å². The van der Waals surface area contributed by atoms with E-state index < -0.39 is 0 Å². The maximum absolute atomic E-state index is 11.8. The predicted octanol–water partition coefficient (Wildman–Crippen LogP) is 2.50. The third-order valence-corrected chi connectivity index (χ3v) is 5.47. The molecule has 16 heavy (non-hydrogen) atoms. The molecule has 0 radical (unpaired) electrons. The normalized spacial score (nSPS) is 50.0. The van der Waals surface area contributed by atoms with Crippen LogP contribution in [0.25, 0.3) is 0 Å². The number of hydrogen-bond donors (Lipinski definition) is 0. The molecule has 1 aromatic rings. The van der Waals surface area contributed by atoms with Gasteiger partial charge in [-0.3, -0.25) is 0 Å². The summed E-state index contributed by atoms with van der Waals surface area (Å²) in [7, 11) is 0. The van der Waals surface area contributed by atoms with Crippen molar-refractivity contribution >= 4 is 5.97 Å². The van der Waals surface area contributed by atoms with Gasteiger partial charge in [0, 0.05) is 11.3 Å². The molecule has 2 heteroatoms. The van der Waals surface area contributed by atoms with E-state index in [9.17, 15) is 4.79 Å². The highest BCUT2D eigenvalue weighted by atomic mass is 16.6. The minimum atomic E-state index is -0.163. The lowest BCUT2D eigenvalue weighted by Crippen LogP contribution is -2.53. The standard InChI is InChI=1S/C14H14O2/c1-13-9-10(13)14(13,2)11(9)16-12(15)8-6-4-3-5-7-8/h3-7,9-11H,1-2H3. The van der Waals surface area contributed by atoms with Crippen LogP contribution >= 0.6 is 0 Å². The van der Waals surface area contributed by atoms with Crippen LogP contribution in [0.15, 0.2) is 30.3 Å². The highest BCUT2D eigenvalue weighted by Crippen LogP contribution is 3.04. The summed E-state index contributed by atoms with van der Waals surface area (Å²) in [5.41, 5.74) is 1.52. The van der Waals surface area contributed by atoms with Gasteiger partial charge in [-0.05, 0) is 23.5 Å². The largest absolute Gasteiger partial charge is 0.458 e. The van der Waals surface area contributed by atoms with Crippen LogP contribution in [0, 0.1) is 22.7 Å². The molecule has 2 bridgehead atoms. The quantitative estimate of drug-likeness (QED) is 0.707. The average molecular weight is 214 g/mol. The third kappa shape index (κ3) is 0.649. The van der Waals surface area contributed by atoms with Crippen molar-refractivity contribution < 1.29 is 9.53 Å². The zero-order valence-corrected chi connectivity index (χ0v) is 9.44. The second kappa shape index (κ2) is 2.20. The van der Waals surface area contributed by atoms with E-state index in [2.05, 4.69) is 13.8 Å². The summed E-state index contributed by atoms with van der Waals surface area (Å²) < 4.78 is 5.58. The molecule has 0 aliphatic heterocycles. The molecule has 0 aromatic heterocycles. The number of benzene rings is 1. The van der Waals surface area contributed by atoms with Gasteiger partial charge in [0.25, 0.3) is 0 Å². The van der Waals surface area contributed by atoms with E-state index >= 15 is 0 Å². The Bertz CT molecular complexity index is 495. The van der Waals surface area contributed by atoms with Crippen LogP contribution in [0.5, 0.6) is 0 Å². The van der Waals surface area contributed by atoms with E-state index in [1.807, 2.05) is 30.3 Å². The molecule has 4 saturated carbocycles. The smallest absolute Gasteiger partial charge is 0.338 e. The lowest BCUT2D eigenvalue weighted by Gasteiger charge is -2.48. The second-order valence-corrected chi connectivity index (χ2v) is 5.76. The summed E-state index contributed by atoms with van der Waals surface area (Å²) in [5, 5.41) is 0. The van der Waals surface area contributed by atoms with E-state index in [0.717, 1.165) is 5.92 Å². The fraction of sp³-hybridized carbons (Fsp3) is 0.500. The Morgan fingerprint density at radius 1 is 1.19 bits per heavy atom. The maximum atomic E-state index is 11.8. The zero-order chi connectivity index (χ0) is 11.1. The predicted molar refractivity (Wildman–Crippen MR) is 58.8 cm³/mol. The van der Waals surface area contributed by atoms with E-state index in [0.29, 0.717) is 22.3 Å². The van der Waals surface area contributed by atoms with Gasteiger partial charge in [-0.2, -0.15) is 0 Å². The van der Waals surface area contributed by atoms with Crippen molar-refractivity contribution in [3.8, 4) is 0 Å². The van der Waals surface area contributed by atoms with E-state index in [1.165, 1.54) is 0 Å². The van der Waals surface area contributed by atoms with Gasteiger partial charge in [-0.25, -0.2) is 4.79 Å². The Kier molecular flexibility index (Phi) is 1.21. The molecule has 5 rings (SSSR count). The highest BCUT2D eigenvalue weighted by Gasteiger charge is 3.06. The van der Waals surface area contributed by atoms with Crippen LogP contribution in [0.1, 0.15) is 24.2 Å². The van der Waals surface area contributed by atoms with Gasteiger partial charge >= 0.3 is 5.97 Å². The van der Waals surface area contributed by atoms with E-state index in [1.54, 1.807) is 0 Å². The Morgan fingerprint density at radius 2 is 1.81 bits per heavy atom. The van der Waals surface area contributed by atoms with Gasteiger partial charge in [0.15, 0.2) is 0 Å². The molecule has 2 nitrogen and oxygen atoms in total. The van der Waals surface area contributed by atoms with E-state index in [4.69, 9.17) is 4.74 Å². The zero-order valence-electron chi connectivity index (χ0n) is 9.44. The van der Waals surface area contributed by atoms with Gasteiger partial charge < -0.3 is 4.74 Å². The van der Waals surface area contributed by atoms with Crippen LogP contribution in [-0.4, -0.2) is 12.1 Å². The molecule has 0 amide bonds. The number of ether oxygens (including phenoxy) is 1. The maximum Gasteiger partial charge on any atom is 0.338 e. The first-order chi connectivity index (χ1) is 7.62. The topological polar surface area (TPSA) is 26.3 Å². The van der Waals surface area contributed by atoms with Gasteiger partial charge in [0.1, 0.15) is 6.10 Å². The van der Waals surface area contributed by atoms with Crippen molar-refractivity contribution in [1.29, 1.82) is 0 Å². The molecular weight excluding hydrogens is 200 g/mol. The number of rotatable bonds is 2. The molecule has 1 aromatic carbocycles. The van der Waals surface area contributed by atoms with Crippen molar-refractivity contribution in [3.63, 3.8) is 0 Å². The van der Waals surface area contributed by atoms with Gasteiger partial charge in [0.2, 0.25) is 0 Å². The fourth-order valence-electron chi connectivity index (χ4n) is 4.16. The summed E-state index contributed by atoms with van der Waals surface area (Å²) in [4.78, 5) is 11.8. The molecule has 0 saturated heterocycles. The molecule has 0 heterocycles. The molecule has 5 unspecified atom stereocenters. The van der Waals surface area contributed by atoms with E-state index in [-0.39, 0.29) is 12.1 Å². The lowest BCUT2D eigenvalue weighted by atomic mass is 9.62. The molecule has 82 valence electrons. The number of hydrogen-bond acceptors (Lipinski definition) is 2. The number of carbonyl (C=O) groups excluding carboxylic acids is 1. The summed E-state index contributed by atoms with van der Waals surface area (Å²) >= 11 is 0. The molecular formula is C14H14O2. The first-order valence-corrected chi connectivity index (χ1v) is 5.88. The summed E-state index contributed by atoms with van der Waals surface area (Å²) in [6.45, 7) is 4.57. The summed E-state index contributed by atoms with van der Waals surface area (Å²) in [6.07, 6.45) is 0.190. The summed E-state index contributed by atoms with van der Waals surface area (Å²) in [6, 6.07) is 9.26. The molecule has 4 fully saturated rings. The number of carbonyl (C=O) groups is 1. The van der Waals surface area contributed by atoms with Crippen molar-refractivity contribution in [3.05, 3.63) is 35.9 Å². The van der Waals surface area contributed by atoms with Crippen molar-refractivity contribution in [2.24, 2.45) is 22.7 Å². The molecule has 4 aliphatic rings. The molecule has 0 spiro atoms. The number of esters is 1. The second-order valence-electron chi connectivity index (χ2n) is 5.76. The van der Waals surface area contributed by atoms with Crippen LogP contribution in [0.2, 0.25) is 0 Å². The van der Waals surface area contributed by atoms with Gasteiger partial charge in [-0.15, -0.1) is 0 Å². The Hall–Kier alpha value is -1.31.